The minimum atomic E-state index is 0.00387. The fourth-order valence-corrected chi connectivity index (χ4v) is 11.2. The molecule has 8 heteroatoms. The minimum Gasteiger partial charge on any atom is -0.456 e. The molecular weight excluding hydrogens is 861 g/mol. The first kappa shape index (κ1) is 33.0. The molecule has 2 aliphatic heterocycles. The summed E-state index contributed by atoms with van der Waals surface area (Å²) < 4.78 is 15.0. The van der Waals surface area contributed by atoms with Gasteiger partial charge in [0.05, 0.1) is 5.69 Å². The van der Waals surface area contributed by atoms with Crippen LogP contribution < -0.4 is 21.3 Å². The summed E-state index contributed by atoms with van der Waals surface area (Å²) in [6.45, 7) is 0.00387. The summed E-state index contributed by atoms with van der Waals surface area (Å²) in [4.78, 5) is 4.84. The molecule has 3 nitrogen and oxygen atoms in total. The van der Waals surface area contributed by atoms with E-state index in [4.69, 9.17) is 20.4 Å². The van der Waals surface area contributed by atoms with Crippen molar-refractivity contribution in [1.82, 2.24) is 0 Å². The van der Waals surface area contributed by atoms with Crippen LogP contribution in [0.3, 0.4) is 0 Å². The molecule has 12 rings (SSSR count). The maximum absolute atomic E-state index is 7.13. The highest BCUT2D eigenvalue weighted by Crippen LogP contribution is 2.50. The SMILES string of the molecule is Clc1cc2c3c(c1)N(c1c(-c4ccc5c(c4)oc4ccccc45)cccc1-c1ccc4c(c1)oc1ccccc14)c1ccc(Br)cc1B3c1cc(Br)ccc1S2. The second-order valence-corrected chi connectivity index (χ2v) is 17.8. The number of anilines is 3. The van der Waals surface area contributed by atoms with Gasteiger partial charge in [0, 0.05) is 67.8 Å². The van der Waals surface area contributed by atoms with E-state index in [0.717, 1.165) is 97.0 Å². The number of nitrogens with zero attached hydrogens (tertiary/aromatic N) is 1. The van der Waals surface area contributed by atoms with Crippen LogP contribution in [-0.2, 0) is 0 Å². The lowest BCUT2D eigenvalue weighted by molar-refractivity contribution is 0.668. The molecule has 0 spiro atoms. The van der Waals surface area contributed by atoms with Gasteiger partial charge in [-0.3, -0.25) is 0 Å². The Bertz CT molecular complexity index is 3190. The Labute approximate surface area is 348 Å². The van der Waals surface area contributed by atoms with Crippen molar-refractivity contribution in [2.24, 2.45) is 0 Å². The highest BCUT2D eigenvalue weighted by Gasteiger charge is 2.42. The Morgan fingerprint density at radius 2 is 1.09 bits per heavy atom. The lowest BCUT2D eigenvalue weighted by Gasteiger charge is -2.41. The Hall–Kier alpha value is -5.18. The molecule has 4 heterocycles. The zero-order valence-corrected chi connectivity index (χ0v) is 34.1. The third-order valence-corrected chi connectivity index (χ3v) is 13.7. The third-order valence-electron chi connectivity index (χ3n) is 11.3. The molecule has 8 aromatic carbocycles. The van der Waals surface area contributed by atoms with Gasteiger partial charge in [-0.25, -0.2) is 0 Å². The molecule has 2 aliphatic rings. The molecule has 0 N–H and O–H groups in total. The van der Waals surface area contributed by atoms with E-state index in [9.17, 15) is 0 Å². The van der Waals surface area contributed by atoms with Crippen molar-refractivity contribution in [3.63, 3.8) is 0 Å². The fourth-order valence-electron chi connectivity index (χ4n) is 8.94. The quantitative estimate of drug-likeness (QED) is 0.165. The van der Waals surface area contributed by atoms with Crippen LogP contribution in [0.1, 0.15) is 0 Å². The zero-order valence-electron chi connectivity index (χ0n) is 29.3. The van der Waals surface area contributed by atoms with Crippen molar-refractivity contribution in [1.29, 1.82) is 0 Å². The molecule has 0 unspecified atom stereocenters. The lowest BCUT2D eigenvalue weighted by atomic mass is 9.35. The number of para-hydroxylation sites is 3. The molecule has 10 aromatic rings. The summed E-state index contributed by atoms with van der Waals surface area (Å²) >= 11 is 16.6. The molecule has 0 fully saturated rings. The Balaban J connectivity index is 1.17. The van der Waals surface area contributed by atoms with E-state index in [-0.39, 0.29) is 6.71 Å². The largest absolute Gasteiger partial charge is 0.456 e. The third kappa shape index (κ3) is 4.91. The van der Waals surface area contributed by atoms with Gasteiger partial charge in [-0.2, -0.15) is 0 Å². The topological polar surface area (TPSA) is 29.5 Å². The molecule has 264 valence electrons. The fraction of sp³-hybridized carbons (Fsp3) is 0. The Morgan fingerprint density at radius 3 is 1.75 bits per heavy atom. The number of furan rings is 2. The van der Waals surface area contributed by atoms with Gasteiger partial charge in [0.2, 0.25) is 6.71 Å². The van der Waals surface area contributed by atoms with Gasteiger partial charge in [-0.05, 0) is 94.8 Å². The molecule has 0 atom stereocenters. The van der Waals surface area contributed by atoms with Crippen LogP contribution in [0.15, 0.2) is 179 Å². The predicted molar refractivity (Wildman–Crippen MR) is 242 cm³/mol. The zero-order chi connectivity index (χ0) is 37.2. The predicted octanol–water partition coefficient (Wildman–Crippen LogP) is 13.8. The van der Waals surface area contributed by atoms with E-state index < -0.39 is 0 Å². The second kappa shape index (κ2) is 12.4. The summed E-state index contributed by atoms with van der Waals surface area (Å²) in [6.07, 6.45) is 0. The van der Waals surface area contributed by atoms with Crippen molar-refractivity contribution in [3.8, 4) is 22.3 Å². The van der Waals surface area contributed by atoms with Crippen LogP contribution in [0, 0.1) is 0 Å². The number of halogens is 3. The number of benzene rings is 8. The van der Waals surface area contributed by atoms with Crippen molar-refractivity contribution < 1.29 is 8.83 Å². The first-order valence-corrected chi connectivity index (χ1v) is 21.1. The van der Waals surface area contributed by atoms with Gasteiger partial charge < -0.3 is 13.7 Å². The van der Waals surface area contributed by atoms with E-state index in [1.54, 1.807) is 11.8 Å². The average molecular weight is 886 g/mol. The van der Waals surface area contributed by atoms with E-state index in [1.807, 2.05) is 24.3 Å². The maximum Gasteiger partial charge on any atom is 0.249 e. The van der Waals surface area contributed by atoms with Crippen LogP contribution in [0.2, 0.25) is 5.02 Å². The molecule has 0 aliphatic carbocycles. The monoisotopic (exact) mass is 883 g/mol. The van der Waals surface area contributed by atoms with Gasteiger partial charge in [0.25, 0.3) is 0 Å². The molecule has 0 radical (unpaired) electrons. The van der Waals surface area contributed by atoms with E-state index >= 15 is 0 Å². The molecular formula is C48H25BBr2ClNO2S. The molecule has 0 saturated carbocycles. The van der Waals surface area contributed by atoms with E-state index in [1.165, 1.54) is 21.3 Å². The summed E-state index contributed by atoms with van der Waals surface area (Å²) in [7, 11) is 0. The standard InChI is InChI=1S/C48H25BBr2ClNO2S/c50-28-14-18-39-37(22-28)49-38-23-29(51)15-19-45(38)56-46-25-30(52)24-40(47(46)49)53(39)48-31(26-12-16-35-33-6-1-3-10-41(33)54-43(35)20-26)8-5-9-32(48)27-13-17-36-34-7-2-4-11-42(34)55-44(36)21-27/h1-25H. The summed E-state index contributed by atoms with van der Waals surface area (Å²) in [6, 6.07) is 53.9. The normalized spacial score (nSPS) is 13.1. The van der Waals surface area contributed by atoms with Crippen molar-refractivity contribution in [3.05, 3.63) is 166 Å². The van der Waals surface area contributed by atoms with Crippen molar-refractivity contribution in [2.75, 3.05) is 4.90 Å². The van der Waals surface area contributed by atoms with Crippen LogP contribution >= 0.6 is 55.2 Å². The first-order valence-electron chi connectivity index (χ1n) is 18.3. The average Bonchev–Trinajstić information content (AvgIpc) is 3.78. The second-order valence-electron chi connectivity index (χ2n) is 14.4. The summed E-state index contributed by atoms with van der Waals surface area (Å²) in [5.41, 5.74) is 14.7. The van der Waals surface area contributed by atoms with Gasteiger partial charge in [-0.1, -0.05) is 140 Å². The number of rotatable bonds is 3. The van der Waals surface area contributed by atoms with Crippen LogP contribution in [0.25, 0.3) is 66.1 Å². The van der Waals surface area contributed by atoms with Crippen LogP contribution in [0.4, 0.5) is 17.1 Å². The Kier molecular flexibility index (Phi) is 7.32. The first-order chi connectivity index (χ1) is 27.5. The summed E-state index contributed by atoms with van der Waals surface area (Å²) in [5, 5.41) is 5.11. The van der Waals surface area contributed by atoms with Crippen LogP contribution in [-0.4, -0.2) is 6.71 Å². The highest BCUT2D eigenvalue weighted by molar-refractivity contribution is 9.10. The van der Waals surface area contributed by atoms with Crippen LogP contribution in [0.5, 0.6) is 0 Å². The van der Waals surface area contributed by atoms with Crippen molar-refractivity contribution >= 4 is 139 Å². The van der Waals surface area contributed by atoms with Crippen molar-refractivity contribution in [2.45, 2.75) is 9.79 Å². The molecule has 0 bridgehead atoms. The molecule has 2 aromatic heterocycles. The number of fused-ring (bicyclic) bond motifs is 10. The lowest BCUT2D eigenvalue weighted by Crippen LogP contribution is -2.59. The van der Waals surface area contributed by atoms with Gasteiger partial charge in [-0.15, -0.1) is 0 Å². The Morgan fingerprint density at radius 1 is 0.500 bits per heavy atom. The highest BCUT2D eigenvalue weighted by atomic mass is 79.9. The maximum atomic E-state index is 7.13. The van der Waals surface area contributed by atoms with Gasteiger partial charge in [0.1, 0.15) is 22.3 Å². The molecule has 56 heavy (non-hydrogen) atoms. The molecule has 0 saturated heterocycles. The number of hydrogen-bond acceptors (Lipinski definition) is 4. The smallest absolute Gasteiger partial charge is 0.249 e. The number of hydrogen-bond donors (Lipinski definition) is 0. The van der Waals surface area contributed by atoms with Gasteiger partial charge >= 0.3 is 0 Å². The minimum absolute atomic E-state index is 0.00387. The molecule has 0 amide bonds. The van der Waals surface area contributed by atoms with Gasteiger partial charge in [0.15, 0.2) is 0 Å². The summed E-state index contributed by atoms with van der Waals surface area (Å²) in [5.74, 6) is 0. The van der Waals surface area contributed by atoms with E-state index in [0.29, 0.717) is 5.02 Å². The van der Waals surface area contributed by atoms with E-state index in [2.05, 4.69) is 164 Å².